The SMILES string of the molecule is Nc1nc(C2CCN(CCn3cccn3)C2)cc(=O)[nH]1. The van der Waals surface area contributed by atoms with Crippen LogP contribution in [0.25, 0.3) is 0 Å². The molecule has 1 saturated heterocycles. The van der Waals surface area contributed by atoms with Gasteiger partial charge in [0.2, 0.25) is 5.95 Å². The van der Waals surface area contributed by atoms with E-state index in [9.17, 15) is 4.79 Å². The van der Waals surface area contributed by atoms with Crippen molar-refractivity contribution in [1.82, 2.24) is 24.6 Å². The molecule has 3 N–H and O–H groups in total. The summed E-state index contributed by atoms with van der Waals surface area (Å²) in [5, 5.41) is 4.19. The first kappa shape index (κ1) is 12.9. The summed E-state index contributed by atoms with van der Waals surface area (Å²) in [6.45, 7) is 3.76. The number of hydrogen-bond acceptors (Lipinski definition) is 5. The van der Waals surface area contributed by atoms with Gasteiger partial charge in [0.15, 0.2) is 0 Å². The van der Waals surface area contributed by atoms with E-state index in [0.29, 0.717) is 0 Å². The number of rotatable bonds is 4. The van der Waals surface area contributed by atoms with Crippen LogP contribution >= 0.6 is 0 Å². The molecule has 0 aromatic carbocycles. The van der Waals surface area contributed by atoms with Crippen LogP contribution in [0.1, 0.15) is 18.0 Å². The smallest absolute Gasteiger partial charge is 0.252 e. The number of nitrogen functional groups attached to an aromatic ring is 1. The van der Waals surface area contributed by atoms with E-state index in [2.05, 4.69) is 20.0 Å². The molecule has 1 atom stereocenters. The summed E-state index contributed by atoms with van der Waals surface area (Å²) in [5.41, 5.74) is 6.21. The van der Waals surface area contributed by atoms with Crippen molar-refractivity contribution in [2.24, 2.45) is 0 Å². The van der Waals surface area contributed by atoms with Crippen LogP contribution in [-0.2, 0) is 6.54 Å². The number of H-pyrrole nitrogens is 1. The standard InChI is InChI=1S/C13H18N6O/c14-13-16-11(8-12(20)17-13)10-2-5-18(9-10)6-7-19-4-1-3-15-19/h1,3-4,8,10H,2,5-7,9H2,(H3,14,16,17,20). The number of nitrogens with zero attached hydrogens (tertiary/aromatic N) is 4. The highest BCUT2D eigenvalue weighted by atomic mass is 16.1. The minimum absolute atomic E-state index is 0.178. The molecule has 0 bridgehead atoms. The van der Waals surface area contributed by atoms with Crippen LogP contribution in [0.2, 0.25) is 0 Å². The Hall–Kier alpha value is -2.15. The third-order valence-electron chi connectivity index (χ3n) is 3.67. The van der Waals surface area contributed by atoms with Crippen LogP contribution in [0.15, 0.2) is 29.3 Å². The molecule has 1 fully saturated rings. The highest BCUT2D eigenvalue weighted by Crippen LogP contribution is 2.24. The van der Waals surface area contributed by atoms with Gasteiger partial charge in [0.05, 0.1) is 12.2 Å². The van der Waals surface area contributed by atoms with Gasteiger partial charge in [-0.2, -0.15) is 5.10 Å². The van der Waals surface area contributed by atoms with Crippen molar-refractivity contribution in [2.45, 2.75) is 18.9 Å². The zero-order valence-electron chi connectivity index (χ0n) is 11.2. The highest BCUT2D eigenvalue weighted by Gasteiger charge is 2.25. The molecule has 0 saturated carbocycles. The summed E-state index contributed by atoms with van der Waals surface area (Å²) in [5.74, 6) is 0.486. The van der Waals surface area contributed by atoms with E-state index in [1.165, 1.54) is 0 Å². The molecule has 0 aliphatic carbocycles. The first-order valence-corrected chi connectivity index (χ1v) is 6.77. The average molecular weight is 274 g/mol. The van der Waals surface area contributed by atoms with Gasteiger partial charge >= 0.3 is 0 Å². The Kier molecular flexibility index (Phi) is 3.51. The molecule has 0 radical (unpaired) electrons. The molecule has 2 aromatic heterocycles. The zero-order valence-corrected chi connectivity index (χ0v) is 11.2. The molecule has 0 spiro atoms. The Bertz CT molecular complexity index is 620. The maximum Gasteiger partial charge on any atom is 0.252 e. The second kappa shape index (κ2) is 5.46. The average Bonchev–Trinajstić information content (AvgIpc) is 3.07. The summed E-state index contributed by atoms with van der Waals surface area (Å²) in [4.78, 5) is 20.5. The van der Waals surface area contributed by atoms with E-state index < -0.39 is 0 Å². The van der Waals surface area contributed by atoms with Gasteiger partial charge < -0.3 is 10.6 Å². The van der Waals surface area contributed by atoms with Crippen molar-refractivity contribution in [3.8, 4) is 0 Å². The molecule has 7 heteroatoms. The van der Waals surface area contributed by atoms with Crippen molar-refractivity contribution in [3.05, 3.63) is 40.6 Å². The molecular formula is C13H18N6O. The molecule has 106 valence electrons. The van der Waals surface area contributed by atoms with Gasteiger partial charge in [-0.25, -0.2) is 4.98 Å². The number of anilines is 1. The minimum Gasteiger partial charge on any atom is -0.369 e. The van der Waals surface area contributed by atoms with Crippen LogP contribution in [0, 0.1) is 0 Å². The van der Waals surface area contributed by atoms with Crippen LogP contribution in [-0.4, -0.2) is 44.3 Å². The summed E-state index contributed by atoms with van der Waals surface area (Å²) in [7, 11) is 0. The molecule has 1 unspecified atom stereocenters. The first-order valence-electron chi connectivity index (χ1n) is 6.77. The summed E-state index contributed by atoms with van der Waals surface area (Å²) in [6, 6.07) is 3.48. The highest BCUT2D eigenvalue weighted by molar-refractivity contribution is 5.20. The van der Waals surface area contributed by atoms with Gasteiger partial charge in [0, 0.05) is 37.5 Å². The molecule has 3 heterocycles. The van der Waals surface area contributed by atoms with Gasteiger partial charge in [-0.05, 0) is 19.0 Å². The number of aromatic nitrogens is 4. The molecule has 7 nitrogen and oxygen atoms in total. The molecular weight excluding hydrogens is 256 g/mol. The van der Waals surface area contributed by atoms with E-state index in [1.54, 1.807) is 12.3 Å². The Labute approximate surface area is 116 Å². The number of nitrogens with two attached hydrogens (primary N) is 1. The van der Waals surface area contributed by atoms with Gasteiger partial charge in [-0.15, -0.1) is 0 Å². The second-order valence-electron chi connectivity index (χ2n) is 5.11. The number of hydrogen-bond donors (Lipinski definition) is 2. The molecule has 3 rings (SSSR count). The Morgan fingerprint density at radius 1 is 1.45 bits per heavy atom. The van der Waals surface area contributed by atoms with Gasteiger partial charge in [0.25, 0.3) is 5.56 Å². The molecule has 2 aromatic rings. The predicted octanol–water partition coefficient (Wildman–Crippen LogP) is 0.0381. The lowest BCUT2D eigenvalue weighted by atomic mass is 10.1. The van der Waals surface area contributed by atoms with E-state index in [0.717, 1.165) is 38.3 Å². The molecule has 20 heavy (non-hydrogen) atoms. The lowest BCUT2D eigenvalue weighted by Gasteiger charge is -2.15. The Morgan fingerprint density at radius 2 is 2.35 bits per heavy atom. The molecule has 0 amide bonds. The third-order valence-corrected chi connectivity index (χ3v) is 3.67. The molecule has 1 aliphatic heterocycles. The topological polar surface area (TPSA) is 92.8 Å². The Morgan fingerprint density at radius 3 is 3.10 bits per heavy atom. The van der Waals surface area contributed by atoms with Crippen LogP contribution in [0.5, 0.6) is 0 Å². The lowest BCUT2D eigenvalue weighted by molar-refractivity contribution is 0.311. The second-order valence-corrected chi connectivity index (χ2v) is 5.11. The van der Waals surface area contributed by atoms with Gasteiger partial charge in [-0.3, -0.25) is 14.5 Å². The number of likely N-dealkylation sites (tertiary alicyclic amines) is 1. The molecule has 1 aliphatic rings. The quantitative estimate of drug-likeness (QED) is 0.821. The third kappa shape index (κ3) is 2.88. The van der Waals surface area contributed by atoms with Crippen molar-refractivity contribution in [1.29, 1.82) is 0 Å². The normalized spacial score (nSPS) is 19.5. The number of nitrogens with one attached hydrogen (secondary N) is 1. The fraction of sp³-hybridized carbons (Fsp3) is 0.462. The van der Waals surface area contributed by atoms with E-state index in [1.807, 2.05) is 16.9 Å². The maximum atomic E-state index is 11.4. The van der Waals surface area contributed by atoms with Gasteiger partial charge in [-0.1, -0.05) is 0 Å². The monoisotopic (exact) mass is 274 g/mol. The largest absolute Gasteiger partial charge is 0.369 e. The van der Waals surface area contributed by atoms with Crippen molar-refractivity contribution in [2.75, 3.05) is 25.4 Å². The number of aromatic amines is 1. The summed E-state index contributed by atoms with van der Waals surface area (Å²) < 4.78 is 1.93. The van der Waals surface area contributed by atoms with E-state index in [4.69, 9.17) is 5.73 Å². The fourth-order valence-electron chi connectivity index (χ4n) is 2.66. The zero-order chi connectivity index (χ0) is 13.9. The van der Waals surface area contributed by atoms with E-state index >= 15 is 0 Å². The minimum atomic E-state index is -0.178. The van der Waals surface area contributed by atoms with Crippen molar-refractivity contribution < 1.29 is 0 Å². The maximum absolute atomic E-state index is 11.4. The first-order chi connectivity index (χ1) is 9.70. The predicted molar refractivity (Wildman–Crippen MR) is 75.3 cm³/mol. The van der Waals surface area contributed by atoms with Crippen molar-refractivity contribution >= 4 is 5.95 Å². The van der Waals surface area contributed by atoms with E-state index in [-0.39, 0.29) is 17.4 Å². The summed E-state index contributed by atoms with van der Waals surface area (Å²) >= 11 is 0. The van der Waals surface area contributed by atoms with Gasteiger partial charge in [0.1, 0.15) is 0 Å². The Balaban J connectivity index is 1.60. The van der Waals surface area contributed by atoms with Crippen molar-refractivity contribution in [3.63, 3.8) is 0 Å². The van der Waals surface area contributed by atoms with Crippen LogP contribution in [0.4, 0.5) is 5.95 Å². The fourth-order valence-corrected chi connectivity index (χ4v) is 2.66. The van der Waals surface area contributed by atoms with Crippen LogP contribution < -0.4 is 11.3 Å². The summed E-state index contributed by atoms with van der Waals surface area (Å²) in [6.07, 6.45) is 4.76. The van der Waals surface area contributed by atoms with Crippen LogP contribution in [0.3, 0.4) is 0 Å². The lowest BCUT2D eigenvalue weighted by Crippen LogP contribution is -2.25.